The van der Waals surface area contributed by atoms with Gasteiger partial charge < -0.3 is 0 Å². The standard InChI is InChI=1S/C82H136B2N4/c1-81(2,3)53-45-73-79-75(47-53)87(57-30-15-9-16-31-57)71-50-72-68(49-67(71)83(79)65-38-19-20-39-69(65)85(73)55-26-11-7-12-27-55)84-66-44-52(59-41-42-64-62-35-22-25-51-24-21-34-61(77(51)62)63-37-23-36-60(59)78(63)64)40-43-70(66)86(56-28-13-8-14-29-56)74-46-54(82(4,5)6)48-76(80(74)84)88(72)58-32-17-10-18-33-58/h51-80H,7-50H2,1-6H3/t51-,52?,53+,54?,59?,60?,61?,62?,63?,64?,65?,66?,67+,68?,69+,70?,71?,72?,73-,74?,75?,76?,77?,78?,79?,80?/m0/s1. The second-order valence-corrected chi connectivity index (χ2v) is 40.1. The van der Waals surface area contributed by atoms with E-state index in [1.807, 2.05) is 0 Å². The highest BCUT2D eigenvalue weighted by Gasteiger charge is 2.72. The van der Waals surface area contributed by atoms with Crippen molar-refractivity contribution >= 4 is 13.4 Å². The van der Waals surface area contributed by atoms with Crippen LogP contribution in [0.3, 0.4) is 0 Å². The number of fused-ring (bicyclic) bond motifs is 10. The van der Waals surface area contributed by atoms with Crippen molar-refractivity contribution in [1.29, 1.82) is 0 Å². The van der Waals surface area contributed by atoms with E-state index in [9.17, 15) is 0 Å². The molecule has 6 heteroatoms. The predicted molar refractivity (Wildman–Crippen MR) is 371 cm³/mol. The van der Waals surface area contributed by atoms with E-state index in [1.54, 1.807) is 135 Å². The SMILES string of the molecule is CC(C)(C)C1CC2C3B(C4CC(C5CCC6C7CCC[C@@H]8CCCC(C9CCCC5C96)C78)CCC4N2C2CCCCC2)C2C[C@H]4B5C6CCCC[C@H]6N(C6CCCCC6)[C@H]6C[C@@H](C(C)(C)C)CC(C56)N(C5CCCCC5)C4CC2N(C2CCCCC2)C3C1. The fourth-order valence-corrected chi connectivity index (χ4v) is 32.7. The van der Waals surface area contributed by atoms with E-state index in [2.05, 4.69) is 61.1 Å². The van der Waals surface area contributed by atoms with Crippen molar-refractivity contribution < 1.29 is 0 Å². The second kappa shape index (κ2) is 23.9. The predicted octanol–water partition coefficient (Wildman–Crippen LogP) is 20.7. The van der Waals surface area contributed by atoms with Crippen LogP contribution < -0.4 is 0 Å². The van der Waals surface area contributed by atoms with Crippen molar-refractivity contribution in [2.75, 3.05) is 0 Å². The van der Waals surface area contributed by atoms with Gasteiger partial charge in [-0.3, -0.25) is 19.6 Å². The van der Waals surface area contributed by atoms with Crippen LogP contribution in [0.2, 0.25) is 34.9 Å². The molecule has 14 saturated carbocycles. The van der Waals surface area contributed by atoms with E-state index in [4.69, 9.17) is 0 Å². The zero-order chi connectivity index (χ0) is 58.9. The number of nitrogens with zero attached hydrogens (tertiary/aromatic N) is 4. The molecule has 4 heterocycles. The van der Waals surface area contributed by atoms with Crippen LogP contribution in [0.1, 0.15) is 324 Å². The third kappa shape index (κ3) is 9.85. The van der Waals surface area contributed by atoms with Crippen molar-refractivity contribution in [3.8, 4) is 0 Å². The first-order valence-corrected chi connectivity index (χ1v) is 42.1. The van der Waals surface area contributed by atoms with Crippen molar-refractivity contribution in [2.45, 2.75) is 431 Å². The van der Waals surface area contributed by atoms with Gasteiger partial charge in [-0.25, -0.2) is 0 Å². The Kier molecular flexibility index (Phi) is 16.4. The lowest BCUT2D eigenvalue weighted by Gasteiger charge is -2.74. The Hall–Kier alpha value is -0.0301. The molecule has 18 aliphatic rings. The van der Waals surface area contributed by atoms with Crippen molar-refractivity contribution in [3.05, 3.63) is 0 Å². The third-order valence-corrected chi connectivity index (χ3v) is 35.4. The zero-order valence-corrected chi connectivity index (χ0v) is 58.4. The molecule has 0 radical (unpaired) electrons. The van der Waals surface area contributed by atoms with Crippen LogP contribution in [-0.4, -0.2) is 106 Å². The Morgan fingerprint density at radius 1 is 0.239 bits per heavy atom. The molecule has 4 nitrogen and oxygen atoms in total. The normalized spacial score (nSPS) is 50.9. The fourth-order valence-electron chi connectivity index (χ4n) is 32.7. The van der Waals surface area contributed by atoms with E-state index in [0.717, 1.165) is 192 Å². The van der Waals surface area contributed by atoms with Gasteiger partial charge in [0, 0.05) is 72.5 Å². The second-order valence-electron chi connectivity index (χ2n) is 40.1. The van der Waals surface area contributed by atoms with E-state index in [-0.39, 0.29) is 0 Å². The lowest BCUT2D eigenvalue weighted by atomic mass is 9.13. The number of hydrogen-bond acceptors (Lipinski definition) is 4. The molecule has 21 unspecified atom stereocenters. The van der Waals surface area contributed by atoms with Crippen LogP contribution in [0.4, 0.5) is 0 Å². The first kappa shape index (κ1) is 60.4. The number of hydrogen-bond donors (Lipinski definition) is 0. The Labute approximate surface area is 543 Å². The topological polar surface area (TPSA) is 13.0 Å². The van der Waals surface area contributed by atoms with Crippen molar-refractivity contribution in [2.24, 2.45) is 81.8 Å². The molecule has 0 bridgehead atoms. The van der Waals surface area contributed by atoms with Gasteiger partial charge >= 0.3 is 0 Å². The van der Waals surface area contributed by atoms with Gasteiger partial charge in [0.25, 0.3) is 0 Å². The van der Waals surface area contributed by atoms with Gasteiger partial charge in [0.1, 0.15) is 0 Å². The maximum atomic E-state index is 3.70. The van der Waals surface area contributed by atoms with Crippen LogP contribution in [0.25, 0.3) is 0 Å². The summed E-state index contributed by atoms with van der Waals surface area (Å²) in [4.78, 5) is 14.6. The molecule has 14 aliphatic carbocycles. The minimum atomic E-state index is 0.381. The van der Waals surface area contributed by atoms with Crippen molar-refractivity contribution in [3.63, 3.8) is 0 Å². The molecule has 0 N–H and O–H groups in total. The molecule has 4 aliphatic heterocycles. The monoisotopic (exact) mass is 1200 g/mol. The summed E-state index contributed by atoms with van der Waals surface area (Å²) in [6.45, 7) is 18.4. The van der Waals surface area contributed by atoms with Gasteiger partial charge in [0.2, 0.25) is 0 Å². The minimum Gasteiger partial charge on any atom is -0.295 e. The van der Waals surface area contributed by atoms with E-state index in [0.29, 0.717) is 10.8 Å². The zero-order valence-electron chi connectivity index (χ0n) is 58.4. The van der Waals surface area contributed by atoms with E-state index >= 15 is 0 Å². The maximum absolute atomic E-state index is 3.70. The van der Waals surface area contributed by atoms with Gasteiger partial charge in [-0.15, -0.1) is 0 Å². The Morgan fingerprint density at radius 3 is 1.08 bits per heavy atom. The smallest absolute Gasteiger partial charge is 0.156 e. The Morgan fingerprint density at radius 2 is 0.602 bits per heavy atom. The van der Waals surface area contributed by atoms with Crippen LogP contribution in [0.5, 0.6) is 0 Å². The summed E-state index contributed by atoms with van der Waals surface area (Å²) < 4.78 is 0. The minimum absolute atomic E-state index is 0.381. The summed E-state index contributed by atoms with van der Waals surface area (Å²) in [6.07, 6.45) is 68.8. The van der Waals surface area contributed by atoms with Gasteiger partial charge in [0.15, 0.2) is 13.4 Å². The van der Waals surface area contributed by atoms with Crippen LogP contribution >= 0.6 is 0 Å². The maximum Gasteiger partial charge on any atom is 0.156 e. The molecule has 4 saturated heterocycles. The van der Waals surface area contributed by atoms with Gasteiger partial charge in [-0.05, 0) is 258 Å². The lowest BCUT2D eigenvalue weighted by molar-refractivity contribution is -0.158. The highest BCUT2D eigenvalue weighted by atomic mass is 15.3. The summed E-state index contributed by atoms with van der Waals surface area (Å²) in [6, 6.07) is 10.2. The van der Waals surface area contributed by atoms with Crippen molar-refractivity contribution in [1.82, 2.24) is 19.6 Å². The first-order chi connectivity index (χ1) is 43.0. The summed E-state index contributed by atoms with van der Waals surface area (Å²) in [5.74, 6) is 18.4. The average Bonchev–Trinajstić information content (AvgIpc) is 0.724. The van der Waals surface area contributed by atoms with E-state index in [1.165, 1.54) is 148 Å². The summed E-state index contributed by atoms with van der Waals surface area (Å²) in [5.41, 5.74) is 0.769. The lowest BCUT2D eigenvalue weighted by Crippen LogP contribution is -2.78. The molecule has 0 aromatic carbocycles. The largest absolute Gasteiger partial charge is 0.295 e. The molecular formula is C82H136B2N4. The molecule has 0 spiro atoms. The van der Waals surface area contributed by atoms with Gasteiger partial charge in [0.05, 0.1) is 0 Å². The van der Waals surface area contributed by atoms with E-state index < -0.39 is 0 Å². The Bertz CT molecular complexity index is 2390. The molecule has 18 rings (SSSR count). The van der Waals surface area contributed by atoms with Crippen LogP contribution in [-0.2, 0) is 0 Å². The molecule has 88 heavy (non-hydrogen) atoms. The molecule has 490 valence electrons. The first-order valence-electron chi connectivity index (χ1n) is 42.1. The summed E-state index contributed by atoms with van der Waals surface area (Å²) >= 11 is 0. The third-order valence-electron chi connectivity index (χ3n) is 35.4. The van der Waals surface area contributed by atoms with Gasteiger partial charge in [-0.1, -0.05) is 183 Å². The van der Waals surface area contributed by atoms with Crippen LogP contribution in [0.15, 0.2) is 0 Å². The molecule has 18 fully saturated rings. The van der Waals surface area contributed by atoms with Gasteiger partial charge in [-0.2, -0.15) is 0 Å². The quantitative estimate of drug-likeness (QED) is 0.254. The average molecular weight is 1200 g/mol. The highest BCUT2D eigenvalue weighted by molar-refractivity contribution is 6.67. The summed E-state index contributed by atoms with van der Waals surface area (Å²) in [7, 11) is 0. The number of rotatable bonds is 5. The Balaban J connectivity index is 0.772. The molecule has 0 aromatic heterocycles. The summed E-state index contributed by atoms with van der Waals surface area (Å²) in [5, 5.41) is 0. The highest BCUT2D eigenvalue weighted by Crippen LogP contribution is 2.72. The molecular weight excluding hydrogens is 1060 g/mol. The fraction of sp³-hybridized carbons (Fsp3) is 1.00. The molecule has 0 amide bonds. The van der Waals surface area contributed by atoms with Crippen LogP contribution in [0, 0.1) is 81.8 Å². The molecule has 0 aromatic rings. The molecule has 26 atom stereocenters.